The fraction of sp³-hybridized carbons (Fsp3) is 0.714. The van der Waals surface area contributed by atoms with Crippen LogP contribution in [0.15, 0.2) is 23.8 Å². The van der Waals surface area contributed by atoms with Gasteiger partial charge in [-0.3, -0.25) is 9.59 Å². The molecule has 0 bridgehead atoms. The summed E-state index contributed by atoms with van der Waals surface area (Å²) in [6, 6.07) is 0. The van der Waals surface area contributed by atoms with Gasteiger partial charge in [0.15, 0.2) is 5.78 Å². The third-order valence-electron chi connectivity index (χ3n) is 8.03. The number of carbonyl (C=O) groups is 2. The summed E-state index contributed by atoms with van der Waals surface area (Å²) < 4.78 is 15.3. The van der Waals surface area contributed by atoms with E-state index in [4.69, 9.17) is 0 Å². The van der Waals surface area contributed by atoms with Crippen LogP contribution < -0.4 is 0 Å². The smallest absolute Gasteiger partial charge is 0.178 e. The summed E-state index contributed by atoms with van der Waals surface area (Å²) in [6.07, 6.45) is 8.71. The van der Waals surface area contributed by atoms with Crippen LogP contribution in [0.1, 0.15) is 52.9 Å². The van der Waals surface area contributed by atoms with Crippen LogP contribution in [0.3, 0.4) is 0 Å². The Morgan fingerprint density at radius 1 is 1.21 bits per heavy atom. The number of allylic oxidation sites excluding steroid dienone is 4. The number of ketones is 2. The fourth-order valence-corrected chi connectivity index (χ4v) is 6.79. The molecule has 1 unspecified atom stereocenters. The summed E-state index contributed by atoms with van der Waals surface area (Å²) in [5.74, 6) is 0.938. The minimum absolute atomic E-state index is 0.00807. The summed E-state index contributed by atoms with van der Waals surface area (Å²) in [4.78, 5) is 23.9. The maximum absolute atomic E-state index is 15.3. The molecule has 3 heteroatoms. The highest BCUT2D eigenvalue weighted by molar-refractivity contribution is 6.01. The summed E-state index contributed by atoms with van der Waals surface area (Å²) in [5.41, 5.74) is 0.758. The van der Waals surface area contributed by atoms with Gasteiger partial charge in [-0.1, -0.05) is 25.5 Å². The summed E-state index contributed by atoms with van der Waals surface area (Å²) in [5, 5.41) is 0. The predicted molar refractivity (Wildman–Crippen MR) is 91.1 cm³/mol. The van der Waals surface area contributed by atoms with Gasteiger partial charge in [-0.15, -0.1) is 0 Å². The van der Waals surface area contributed by atoms with Crippen molar-refractivity contribution in [1.82, 2.24) is 0 Å². The minimum Gasteiger partial charge on any atom is -0.300 e. The number of fused-ring (bicyclic) bond motifs is 5. The number of halogens is 1. The lowest BCUT2D eigenvalue weighted by molar-refractivity contribution is -0.129. The van der Waals surface area contributed by atoms with Crippen LogP contribution in [0.2, 0.25) is 0 Å². The van der Waals surface area contributed by atoms with Crippen LogP contribution in [-0.2, 0) is 9.59 Å². The Hall–Kier alpha value is -1.25. The molecule has 0 N–H and O–H groups in total. The maximum Gasteiger partial charge on any atom is 0.178 e. The normalized spacial score (nSPS) is 49.9. The van der Waals surface area contributed by atoms with Crippen LogP contribution in [0.25, 0.3) is 0 Å². The zero-order chi connectivity index (χ0) is 17.3. The van der Waals surface area contributed by atoms with Gasteiger partial charge in [0.25, 0.3) is 0 Å². The second-order valence-electron chi connectivity index (χ2n) is 8.98. The van der Waals surface area contributed by atoms with E-state index in [9.17, 15) is 9.59 Å². The van der Waals surface area contributed by atoms with Crippen LogP contribution >= 0.6 is 0 Å². The van der Waals surface area contributed by atoms with E-state index in [1.807, 2.05) is 6.08 Å². The lowest BCUT2D eigenvalue weighted by Gasteiger charge is -2.57. The fourth-order valence-electron chi connectivity index (χ4n) is 6.79. The number of alkyl halides is 1. The van der Waals surface area contributed by atoms with Crippen molar-refractivity contribution in [3.8, 4) is 0 Å². The molecule has 4 rings (SSSR count). The first-order chi connectivity index (χ1) is 11.3. The average molecular weight is 330 g/mol. The molecule has 0 spiro atoms. The number of hydrogen-bond acceptors (Lipinski definition) is 2. The van der Waals surface area contributed by atoms with Gasteiger partial charge in [-0.05, 0) is 67.9 Å². The standard InChI is InChI=1S/C21H27FO2/c1-12(23)15-4-5-16-19-17(7-9-21(15,16)3)20(2)8-6-14(24)10-13(20)11-18(19)22/h6,8,10,15-19H,4-5,7,9,11H2,1-3H3/t15-,16+,17+,18?,19+,20+,21-/m1/s1. The Kier molecular flexibility index (Phi) is 3.47. The molecular weight excluding hydrogens is 303 g/mol. The molecule has 7 atom stereocenters. The monoisotopic (exact) mass is 330 g/mol. The molecule has 0 aromatic heterocycles. The second kappa shape index (κ2) is 5.12. The topological polar surface area (TPSA) is 34.1 Å². The predicted octanol–water partition coefficient (Wildman–Crippen LogP) is 4.45. The Morgan fingerprint density at radius 3 is 2.67 bits per heavy atom. The highest BCUT2D eigenvalue weighted by Crippen LogP contribution is 2.66. The largest absolute Gasteiger partial charge is 0.300 e. The molecule has 0 aromatic carbocycles. The molecule has 0 aromatic rings. The van der Waals surface area contributed by atoms with Crippen LogP contribution in [-0.4, -0.2) is 17.7 Å². The van der Waals surface area contributed by atoms with E-state index in [1.165, 1.54) is 0 Å². The van der Waals surface area contributed by atoms with E-state index in [1.54, 1.807) is 19.1 Å². The van der Waals surface area contributed by atoms with Crippen molar-refractivity contribution >= 4 is 11.6 Å². The molecule has 130 valence electrons. The van der Waals surface area contributed by atoms with Gasteiger partial charge in [0, 0.05) is 17.8 Å². The summed E-state index contributed by atoms with van der Waals surface area (Å²) in [7, 11) is 0. The van der Waals surface area contributed by atoms with Gasteiger partial charge in [0.2, 0.25) is 0 Å². The van der Waals surface area contributed by atoms with E-state index < -0.39 is 6.17 Å². The van der Waals surface area contributed by atoms with E-state index in [0.717, 1.165) is 31.3 Å². The van der Waals surface area contributed by atoms with Gasteiger partial charge in [-0.2, -0.15) is 0 Å². The molecule has 3 fully saturated rings. The van der Waals surface area contributed by atoms with Crippen molar-refractivity contribution < 1.29 is 14.0 Å². The molecule has 0 aliphatic heterocycles. The summed E-state index contributed by atoms with van der Waals surface area (Å²) in [6.45, 7) is 6.12. The Labute approximate surface area is 143 Å². The highest BCUT2D eigenvalue weighted by Gasteiger charge is 2.61. The maximum atomic E-state index is 15.3. The van der Waals surface area contributed by atoms with E-state index in [0.29, 0.717) is 12.3 Å². The number of Topliss-reactive ketones (excluding diaryl/α,β-unsaturated/α-hetero) is 1. The van der Waals surface area contributed by atoms with Crippen LogP contribution in [0.4, 0.5) is 4.39 Å². The van der Waals surface area contributed by atoms with Gasteiger partial charge in [0.05, 0.1) is 0 Å². The van der Waals surface area contributed by atoms with Gasteiger partial charge in [-0.25, -0.2) is 4.39 Å². The molecule has 4 aliphatic rings. The van der Waals surface area contributed by atoms with Crippen molar-refractivity contribution in [3.63, 3.8) is 0 Å². The van der Waals surface area contributed by atoms with Crippen molar-refractivity contribution in [2.75, 3.05) is 0 Å². The Balaban J connectivity index is 1.73. The molecule has 0 saturated heterocycles. The third-order valence-corrected chi connectivity index (χ3v) is 8.03. The van der Waals surface area contributed by atoms with Crippen molar-refractivity contribution in [2.24, 2.45) is 34.5 Å². The molecular formula is C21H27FO2. The quantitative estimate of drug-likeness (QED) is 0.712. The van der Waals surface area contributed by atoms with Crippen LogP contribution in [0.5, 0.6) is 0 Å². The first-order valence-corrected chi connectivity index (χ1v) is 9.36. The van der Waals surface area contributed by atoms with Crippen molar-refractivity contribution in [3.05, 3.63) is 23.8 Å². The van der Waals surface area contributed by atoms with Gasteiger partial charge in [0.1, 0.15) is 12.0 Å². The van der Waals surface area contributed by atoms with Gasteiger partial charge >= 0.3 is 0 Å². The first kappa shape index (κ1) is 16.2. The lowest BCUT2D eigenvalue weighted by atomic mass is 9.47. The highest BCUT2D eigenvalue weighted by atomic mass is 19.1. The summed E-state index contributed by atoms with van der Waals surface area (Å²) >= 11 is 0. The number of carbonyl (C=O) groups excluding carboxylic acids is 2. The SMILES string of the molecule is CC(=O)[C@H]1CC[C@H]2[C@@H]3C(F)CC4=CC(=O)C=C[C@]4(C)[C@H]3CC[C@]12C. The minimum atomic E-state index is -0.885. The molecule has 24 heavy (non-hydrogen) atoms. The molecule has 3 saturated carbocycles. The number of rotatable bonds is 1. The molecule has 0 radical (unpaired) electrons. The van der Waals surface area contributed by atoms with Crippen molar-refractivity contribution in [2.45, 2.75) is 59.0 Å². The first-order valence-electron chi connectivity index (χ1n) is 9.36. The second-order valence-corrected chi connectivity index (χ2v) is 8.98. The molecule has 0 heterocycles. The lowest BCUT2D eigenvalue weighted by Crippen LogP contribution is -2.54. The van der Waals surface area contributed by atoms with Crippen molar-refractivity contribution in [1.29, 1.82) is 0 Å². The van der Waals surface area contributed by atoms with E-state index in [-0.39, 0.29) is 40.2 Å². The third kappa shape index (κ3) is 1.99. The molecule has 4 aliphatic carbocycles. The zero-order valence-electron chi connectivity index (χ0n) is 14.8. The van der Waals surface area contributed by atoms with Gasteiger partial charge < -0.3 is 0 Å². The van der Waals surface area contributed by atoms with E-state index in [2.05, 4.69) is 13.8 Å². The Bertz CT molecular complexity index is 663. The molecule has 2 nitrogen and oxygen atoms in total. The average Bonchev–Trinajstić information content (AvgIpc) is 2.86. The molecule has 0 amide bonds. The van der Waals surface area contributed by atoms with E-state index >= 15 is 4.39 Å². The Morgan fingerprint density at radius 2 is 1.96 bits per heavy atom. The number of hydrogen-bond donors (Lipinski definition) is 0. The zero-order valence-corrected chi connectivity index (χ0v) is 14.8. The van der Waals surface area contributed by atoms with Crippen LogP contribution in [0, 0.1) is 34.5 Å².